The van der Waals surface area contributed by atoms with Crippen LogP contribution < -0.4 is 154 Å². The fraction of sp³-hybridized carbons (Fsp3) is 0. The number of hydrogen-bond acceptors (Lipinski definition) is 12. The first-order valence-electron chi connectivity index (χ1n) is 2.68. The van der Waals surface area contributed by atoms with Crippen molar-refractivity contribution in [3.05, 3.63) is 78.9 Å². The summed E-state index contributed by atoms with van der Waals surface area (Å²) in [5.41, 5.74) is 0. The van der Waals surface area contributed by atoms with Crippen LogP contribution in [0.4, 0.5) is 0 Å². The molecule has 0 saturated carbocycles. The molecule has 0 aliphatic carbocycles. The van der Waals surface area contributed by atoms with Gasteiger partial charge >= 0.3 is 238 Å². The smallest absolute Gasteiger partial charge is 1.00 e. The molecule has 0 heterocycles. The fourth-order valence-electron chi connectivity index (χ4n) is 0. The van der Waals surface area contributed by atoms with E-state index in [1.807, 2.05) is 0 Å². The van der Waals surface area contributed by atoms with E-state index in [9.17, 15) is 0 Å². The summed E-state index contributed by atoms with van der Waals surface area (Å²) in [5.74, 6) is 0. The molecule has 0 spiro atoms. The Morgan fingerprint density at radius 1 is 0.219 bits per heavy atom. The van der Waals surface area contributed by atoms with Gasteiger partial charge < -0.3 is 146 Å². The van der Waals surface area contributed by atoms with Crippen LogP contribution >= 0.6 is 0 Å². The van der Waals surface area contributed by atoms with Crippen LogP contribution in [0.5, 0.6) is 0 Å². The third-order valence-electron chi connectivity index (χ3n) is 0. The van der Waals surface area contributed by atoms with Crippen LogP contribution in [-0.4, -0.2) is 0 Å². The van der Waals surface area contributed by atoms with Crippen molar-refractivity contribution in [3.63, 3.8) is 0 Å². The van der Waals surface area contributed by atoms with Gasteiger partial charge in [-0.25, -0.2) is 0 Å². The van der Waals surface area contributed by atoms with Gasteiger partial charge in [0, 0.05) is 0 Å². The monoisotopic (exact) mass is 718 g/mol. The number of hydrogen-bond donors (Lipinski definition) is 0. The Labute approximate surface area is 375 Å². The third kappa shape index (κ3) is 16800. The summed E-state index contributed by atoms with van der Waals surface area (Å²) in [4.78, 5) is 0. The van der Waals surface area contributed by atoms with E-state index in [1.165, 1.54) is 0 Å². The molecule has 0 unspecified atom stereocenters. The van der Waals surface area contributed by atoms with Crippen LogP contribution in [-0.2, 0) is 83.6 Å². The SMILES string of the molecule is [C-]#N.[C-]#N.[C-]#N.[C-]#N.[C-]#N.[C-]#N.[C-]#N.[C-]#N.[C-]#N.[C-]#N.[C-]#N.[C-]#N.[Fe+3].[Fe+3].[H-].[H-].[H-].[K+].[K+].[K+].[Ni+2].[Ni+2].[Ni+2]. The van der Waals surface area contributed by atoms with Gasteiger partial charge in [0.05, 0.1) is 0 Å². The van der Waals surface area contributed by atoms with Gasteiger partial charge in [-0.1, -0.05) is 0 Å². The van der Waals surface area contributed by atoms with E-state index in [2.05, 4.69) is 0 Å². The standard InChI is InChI=1S/12CN.2Fe.3K.3Ni.3H/c12*1-2;;;;;;;;;;;/q12*-1;2*+3;3*+1;3*+2;3*-1. The van der Waals surface area contributed by atoms with Crippen LogP contribution in [0.15, 0.2) is 0 Å². The normalized spacial score (nSPS) is 0.750. The molecule has 2 radical (unpaired) electrons. The van der Waals surface area contributed by atoms with Gasteiger partial charge in [0.25, 0.3) is 0 Å². The Hall–Kier alpha value is 1.31. The van der Waals surface area contributed by atoms with E-state index in [1.54, 1.807) is 0 Å². The van der Waals surface area contributed by atoms with E-state index in [0.717, 1.165) is 0 Å². The number of rotatable bonds is 0. The van der Waals surface area contributed by atoms with Crippen molar-refractivity contribution in [2.75, 3.05) is 0 Å². The predicted octanol–water partition coefficient (Wildman–Crippen LogP) is -7.51. The van der Waals surface area contributed by atoms with Crippen LogP contribution in [0, 0.1) is 142 Å². The third-order valence-corrected chi connectivity index (χ3v) is 0. The van der Waals surface area contributed by atoms with Crippen molar-refractivity contribution in [3.8, 4) is 0 Å². The van der Waals surface area contributed by atoms with Crippen molar-refractivity contribution >= 4 is 0 Å². The molecule has 0 aromatic rings. The number of nitrogens with zero attached hydrogens (tertiary/aromatic N) is 12. The molecule has 160 valence electrons. The molecular weight excluding hydrogens is 717 g/mol. The van der Waals surface area contributed by atoms with E-state index in [-0.39, 0.29) is 242 Å². The summed E-state index contributed by atoms with van der Waals surface area (Å²) in [6.07, 6.45) is 0. The van der Waals surface area contributed by atoms with Gasteiger partial charge in [0.1, 0.15) is 0 Å². The minimum absolute atomic E-state index is 0. The Bertz CT molecular complexity index is 263. The van der Waals surface area contributed by atoms with Gasteiger partial charge in [-0.15, -0.1) is 0 Å². The first kappa shape index (κ1) is 196. The molecule has 32 heavy (non-hydrogen) atoms. The minimum atomic E-state index is 0. The fourth-order valence-corrected chi connectivity index (χ4v) is 0. The molecule has 0 rings (SSSR count). The van der Waals surface area contributed by atoms with Crippen molar-refractivity contribution in [1.29, 1.82) is 63.1 Å². The summed E-state index contributed by atoms with van der Waals surface area (Å²) in [5, 5.41) is 75.0. The molecule has 0 saturated heterocycles. The molecule has 0 N–H and O–H groups in total. The summed E-state index contributed by atoms with van der Waals surface area (Å²) in [6, 6.07) is 0. The molecular formula is C12H3Fe2K3N12Ni3. The molecule has 0 aromatic heterocycles. The second kappa shape index (κ2) is 18500. The van der Waals surface area contributed by atoms with Crippen LogP contribution in [0.2, 0.25) is 0 Å². The van der Waals surface area contributed by atoms with Crippen molar-refractivity contribution < 1.29 is 242 Å². The quantitative estimate of drug-likeness (QED) is 0.167. The molecule has 0 bridgehead atoms. The van der Waals surface area contributed by atoms with Gasteiger partial charge in [-0.3, -0.25) is 0 Å². The van der Waals surface area contributed by atoms with E-state index in [0.29, 0.717) is 0 Å². The Kier molecular flexibility index (Phi) is 113000. The maximum Gasteiger partial charge on any atom is 3.00 e. The molecule has 0 amide bonds. The van der Waals surface area contributed by atoms with Gasteiger partial charge in [-0.05, 0) is 0 Å². The zero-order chi connectivity index (χ0) is 24.0. The molecule has 0 aliphatic heterocycles. The zero-order valence-corrected chi connectivity index (χ0v) is 30.6. The predicted molar refractivity (Wildman–Crippen MR) is 63.0 cm³/mol. The second-order valence-electron chi connectivity index (χ2n) is 0. The van der Waals surface area contributed by atoms with Gasteiger partial charge in [-0.2, -0.15) is 0 Å². The van der Waals surface area contributed by atoms with Crippen LogP contribution in [0.1, 0.15) is 4.28 Å². The van der Waals surface area contributed by atoms with E-state index >= 15 is 0 Å². The Morgan fingerprint density at radius 2 is 0.219 bits per heavy atom. The van der Waals surface area contributed by atoms with Crippen molar-refractivity contribution in [1.82, 2.24) is 0 Å². The zero-order valence-electron chi connectivity index (χ0n) is 19.0. The first-order valence-corrected chi connectivity index (χ1v) is 2.68. The maximum atomic E-state index is 6.25. The summed E-state index contributed by atoms with van der Waals surface area (Å²) >= 11 is 0. The minimum Gasteiger partial charge on any atom is -1.00 e. The molecule has 0 fully saturated rings. The van der Waals surface area contributed by atoms with Crippen molar-refractivity contribution in [2.24, 2.45) is 0 Å². The molecule has 20 heteroatoms. The topological polar surface area (TPSA) is 285 Å². The van der Waals surface area contributed by atoms with E-state index in [4.69, 9.17) is 142 Å². The first-order chi connectivity index (χ1) is 12.0. The summed E-state index contributed by atoms with van der Waals surface area (Å²) in [6.45, 7) is 57.0. The summed E-state index contributed by atoms with van der Waals surface area (Å²) < 4.78 is 0. The van der Waals surface area contributed by atoms with Gasteiger partial charge in [0.2, 0.25) is 0 Å². The molecule has 0 aliphatic rings. The summed E-state index contributed by atoms with van der Waals surface area (Å²) in [7, 11) is 0. The van der Waals surface area contributed by atoms with Crippen molar-refractivity contribution in [2.45, 2.75) is 0 Å². The average molecular weight is 720 g/mol. The van der Waals surface area contributed by atoms with Crippen LogP contribution in [0.3, 0.4) is 0 Å². The van der Waals surface area contributed by atoms with E-state index < -0.39 is 0 Å². The average Bonchev–Trinajstić information content (AvgIpc) is 2.84. The maximum absolute atomic E-state index is 6.25. The molecule has 12 nitrogen and oxygen atoms in total. The Morgan fingerprint density at radius 3 is 0.219 bits per heavy atom. The largest absolute Gasteiger partial charge is 3.00 e. The second-order valence-corrected chi connectivity index (χ2v) is 0. The van der Waals surface area contributed by atoms with Gasteiger partial charge in [0.15, 0.2) is 0 Å². The molecule has 0 atom stereocenters. The molecule has 0 aromatic carbocycles. The van der Waals surface area contributed by atoms with Crippen LogP contribution in [0.25, 0.3) is 0 Å². The Balaban J connectivity index is -0.00000000208.